The van der Waals surface area contributed by atoms with Crippen molar-refractivity contribution in [2.24, 2.45) is 0 Å². The second-order valence-electron chi connectivity index (χ2n) is 3.72. The Morgan fingerprint density at radius 2 is 2.25 bits per heavy atom. The van der Waals surface area contributed by atoms with Gasteiger partial charge >= 0.3 is 0 Å². The SMILES string of the molecule is COc1ccccc1CC1OCC(CO)O1. The van der Waals surface area contributed by atoms with Crippen LogP contribution in [0.1, 0.15) is 5.56 Å². The van der Waals surface area contributed by atoms with E-state index in [-0.39, 0.29) is 19.0 Å². The van der Waals surface area contributed by atoms with Crippen molar-refractivity contribution in [1.82, 2.24) is 0 Å². The summed E-state index contributed by atoms with van der Waals surface area (Å²) in [5, 5.41) is 8.92. The highest BCUT2D eigenvalue weighted by molar-refractivity contribution is 5.33. The third-order valence-electron chi connectivity index (χ3n) is 2.59. The van der Waals surface area contributed by atoms with Crippen LogP contribution in [-0.2, 0) is 15.9 Å². The molecule has 2 atom stereocenters. The molecular weight excluding hydrogens is 208 g/mol. The molecule has 2 unspecified atom stereocenters. The Balaban J connectivity index is 1.99. The van der Waals surface area contributed by atoms with Gasteiger partial charge in [-0.3, -0.25) is 0 Å². The van der Waals surface area contributed by atoms with Crippen LogP contribution in [0, 0.1) is 0 Å². The Morgan fingerprint density at radius 1 is 1.44 bits per heavy atom. The maximum atomic E-state index is 8.92. The minimum atomic E-state index is -0.284. The van der Waals surface area contributed by atoms with Crippen molar-refractivity contribution < 1.29 is 19.3 Å². The van der Waals surface area contributed by atoms with Crippen molar-refractivity contribution in [3.8, 4) is 5.75 Å². The second kappa shape index (κ2) is 5.30. The average Bonchev–Trinajstić information content (AvgIpc) is 2.77. The van der Waals surface area contributed by atoms with Crippen LogP contribution in [0.25, 0.3) is 0 Å². The molecule has 0 spiro atoms. The minimum Gasteiger partial charge on any atom is -0.496 e. The van der Waals surface area contributed by atoms with E-state index in [1.54, 1.807) is 7.11 Å². The first-order valence-corrected chi connectivity index (χ1v) is 5.33. The van der Waals surface area contributed by atoms with Crippen molar-refractivity contribution in [3.63, 3.8) is 0 Å². The summed E-state index contributed by atoms with van der Waals surface area (Å²) < 4.78 is 16.2. The molecule has 0 aromatic heterocycles. The average molecular weight is 224 g/mol. The number of methoxy groups -OCH3 is 1. The molecule has 1 aliphatic rings. The van der Waals surface area contributed by atoms with Crippen LogP contribution in [0.3, 0.4) is 0 Å². The minimum absolute atomic E-state index is 0.00241. The molecule has 0 saturated carbocycles. The van der Waals surface area contributed by atoms with Crippen LogP contribution >= 0.6 is 0 Å². The molecule has 0 amide bonds. The molecule has 88 valence electrons. The van der Waals surface area contributed by atoms with Gasteiger partial charge < -0.3 is 19.3 Å². The fourth-order valence-electron chi connectivity index (χ4n) is 1.76. The van der Waals surface area contributed by atoms with Gasteiger partial charge in [-0.05, 0) is 11.6 Å². The van der Waals surface area contributed by atoms with Crippen LogP contribution in [0.15, 0.2) is 24.3 Å². The van der Waals surface area contributed by atoms with E-state index in [2.05, 4.69) is 0 Å². The van der Waals surface area contributed by atoms with Crippen LogP contribution in [-0.4, -0.2) is 37.8 Å². The van der Waals surface area contributed by atoms with Gasteiger partial charge in [0.2, 0.25) is 0 Å². The number of para-hydroxylation sites is 1. The number of hydrogen-bond donors (Lipinski definition) is 1. The fraction of sp³-hybridized carbons (Fsp3) is 0.500. The van der Waals surface area contributed by atoms with Crippen LogP contribution in [0.4, 0.5) is 0 Å². The number of aliphatic hydroxyl groups excluding tert-OH is 1. The fourth-order valence-corrected chi connectivity index (χ4v) is 1.76. The van der Waals surface area contributed by atoms with Crippen LogP contribution < -0.4 is 4.74 Å². The second-order valence-corrected chi connectivity index (χ2v) is 3.72. The highest BCUT2D eigenvalue weighted by Crippen LogP contribution is 2.22. The molecule has 4 nitrogen and oxygen atoms in total. The van der Waals surface area contributed by atoms with Gasteiger partial charge in [0.1, 0.15) is 11.9 Å². The summed E-state index contributed by atoms with van der Waals surface area (Å²) >= 11 is 0. The summed E-state index contributed by atoms with van der Waals surface area (Å²) in [5.41, 5.74) is 1.05. The van der Waals surface area contributed by atoms with E-state index in [9.17, 15) is 0 Å². The van der Waals surface area contributed by atoms with Crippen molar-refractivity contribution >= 4 is 0 Å². The van der Waals surface area contributed by atoms with E-state index in [4.69, 9.17) is 19.3 Å². The number of hydrogen-bond acceptors (Lipinski definition) is 4. The van der Waals surface area contributed by atoms with Crippen molar-refractivity contribution in [2.75, 3.05) is 20.3 Å². The quantitative estimate of drug-likeness (QED) is 0.828. The van der Waals surface area contributed by atoms with Gasteiger partial charge in [0.05, 0.1) is 20.3 Å². The molecule has 1 aliphatic heterocycles. The molecule has 1 fully saturated rings. The number of benzene rings is 1. The van der Waals surface area contributed by atoms with Crippen LogP contribution in [0.5, 0.6) is 5.75 Å². The lowest BCUT2D eigenvalue weighted by Gasteiger charge is -2.12. The molecular formula is C12H16O4. The molecule has 1 aromatic carbocycles. The van der Waals surface area contributed by atoms with E-state index in [1.165, 1.54) is 0 Å². The number of aliphatic hydroxyl groups is 1. The van der Waals surface area contributed by atoms with E-state index >= 15 is 0 Å². The van der Waals surface area contributed by atoms with E-state index in [0.717, 1.165) is 11.3 Å². The third kappa shape index (κ3) is 2.52. The van der Waals surface area contributed by atoms with Gasteiger partial charge in [-0.25, -0.2) is 0 Å². The first-order chi connectivity index (χ1) is 7.83. The van der Waals surface area contributed by atoms with Crippen molar-refractivity contribution in [1.29, 1.82) is 0 Å². The summed E-state index contributed by atoms with van der Waals surface area (Å²) in [7, 11) is 1.64. The summed E-state index contributed by atoms with van der Waals surface area (Å²) in [6.45, 7) is 0.457. The normalized spacial score (nSPS) is 24.6. The van der Waals surface area contributed by atoms with Gasteiger partial charge in [0.25, 0.3) is 0 Å². The topological polar surface area (TPSA) is 47.9 Å². The summed E-state index contributed by atoms with van der Waals surface area (Å²) in [4.78, 5) is 0. The first-order valence-electron chi connectivity index (χ1n) is 5.33. The predicted molar refractivity (Wildman–Crippen MR) is 58.4 cm³/mol. The highest BCUT2D eigenvalue weighted by Gasteiger charge is 2.26. The van der Waals surface area contributed by atoms with Gasteiger partial charge in [0.15, 0.2) is 6.29 Å². The van der Waals surface area contributed by atoms with Gasteiger partial charge in [-0.1, -0.05) is 18.2 Å². The zero-order valence-electron chi connectivity index (χ0n) is 9.26. The lowest BCUT2D eigenvalue weighted by molar-refractivity contribution is -0.0635. The zero-order valence-corrected chi connectivity index (χ0v) is 9.26. The Morgan fingerprint density at radius 3 is 2.94 bits per heavy atom. The van der Waals surface area contributed by atoms with Crippen molar-refractivity contribution in [2.45, 2.75) is 18.8 Å². The Bertz CT molecular complexity index is 340. The van der Waals surface area contributed by atoms with Gasteiger partial charge in [0, 0.05) is 6.42 Å². The molecule has 16 heavy (non-hydrogen) atoms. The maximum absolute atomic E-state index is 8.92. The standard InChI is InChI=1S/C12H16O4/c1-14-11-5-3-2-4-9(11)6-12-15-8-10(7-13)16-12/h2-5,10,12-13H,6-8H2,1H3. The van der Waals surface area contributed by atoms with Gasteiger partial charge in [-0.2, -0.15) is 0 Å². The zero-order chi connectivity index (χ0) is 11.4. The Kier molecular flexibility index (Phi) is 3.77. The summed E-state index contributed by atoms with van der Waals surface area (Å²) in [6, 6.07) is 7.77. The molecule has 1 heterocycles. The Hall–Kier alpha value is -1.10. The molecule has 0 aliphatic carbocycles. The van der Waals surface area contributed by atoms with Crippen molar-refractivity contribution in [3.05, 3.63) is 29.8 Å². The maximum Gasteiger partial charge on any atom is 0.162 e. The largest absolute Gasteiger partial charge is 0.496 e. The molecule has 2 rings (SSSR count). The van der Waals surface area contributed by atoms with E-state index in [1.807, 2.05) is 24.3 Å². The molecule has 0 radical (unpaired) electrons. The highest BCUT2D eigenvalue weighted by atomic mass is 16.7. The van der Waals surface area contributed by atoms with E-state index in [0.29, 0.717) is 13.0 Å². The predicted octanol–water partition coefficient (Wildman–Crippen LogP) is 0.971. The lowest BCUT2D eigenvalue weighted by Crippen LogP contribution is -2.17. The van der Waals surface area contributed by atoms with Crippen LogP contribution in [0.2, 0.25) is 0 Å². The first kappa shape index (κ1) is 11.4. The number of rotatable bonds is 4. The third-order valence-corrected chi connectivity index (χ3v) is 2.59. The lowest BCUT2D eigenvalue weighted by atomic mass is 10.1. The van der Waals surface area contributed by atoms with E-state index < -0.39 is 0 Å². The molecule has 1 saturated heterocycles. The smallest absolute Gasteiger partial charge is 0.162 e. The summed E-state index contributed by atoms with van der Waals surface area (Å²) in [6.07, 6.45) is 0.161. The number of ether oxygens (including phenoxy) is 3. The molecule has 1 N–H and O–H groups in total. The monoisotopic (exact) mass is 224 g/mol. The molecule has 0 bridgehead atoms. The summed E-state index contributed by atoms with van der Waals surface area (Å²) in [5.74, 6) is 0.835. The van der Waals surface area contributed by atoms with Gasteiger partial charge in [-0.15, -0.1) is 0 Å². The molecule has 4 heteroatoms. The molecule has 1 aromatic rings. The Labute approximate surface area is 94.8 Å².